The molecule has 0 radical (unpaired) electrons. The number of urea groups is 1. The molecule has 0 saturated heterocycles. The Morgan fingerprint density at radius 2 is 1.79 bits per heavy atom. The third-order valence-electron chi connectivity index (χ3n) is 5.34. The number of aryl methyl sites for hydroxylation is 1. The van der Waals surface area contributed by atoms with Crippen LogP contribution in [0.3, 0.4) is 0 Å². The van der Waals surface area contributed by atoms with Gasteiger partial charge in [-0.25, -0.2) is 4.79 Å². The summed E-state index contributed by atoms with van der Waals surface area (Å²) in [7, 11) is 1.48. The Labute approximate surface area is 215 Å². The van der Waals surface area contributed by atoms with Crippen LogP contribution in [0.25, 0.3) is 0 Å². The first-order valence-corrected chi connectivity index (χ1v) is 10.2. The third kappa shape index (κ3) is 7.02. The average Bonchev–Trinajstić information content (AvgIpc) is 2.75. The molecule has 0 spiro atoms. The van der Waals surface area contributed by atoms with Crippen molar-refractivity contribution in [3.63, 3.8) is 0 Å². The number of nitrogens with zero attached hydrogens (tertiary/aromatic N) is 1. The van der Waals surface area contributed by atoms with Crippen LogP contribution in [0, 0.1) is 6.92 Å². The zero-order valence-electron chi connectivity index (χ0n) is 19.9. The standard InChI is InChI=1S/C24H25N3O5.Na.H/c1-15-5-3-4-6-18(15)13-16-7-9-17(10-8-16)19(14-21(29)30)25-24(32)26-22-20(28)11-12-27(2)23(22)31;;/h3-12,19,22H,13-14H2,1-2H3,(H,29,30)(H2,25,26,32);;/q;+1;-1. The number of hydrogen-bond donors (Lipinski definition) is 3. The molecular formula is C24H26N3NaO5. The van der Waals surface area contributed by atoms with Crippen LogP contribution in [0.5, 0.6) is 0 Å². The Kier molecular flexibility index (Phi) is 9.40. The van der Waals surface area contributed by atoms with Gasteiger partial charge in [-0.3, -0.25) is 14.4 Å². The maximum atomic E-state index is 12.5. The summed E-state index contributed by atoms with van der Waals surface area (Å²) in [5.74, 6) is -2.20. The molecule has 3 amide bonds. The van der Waals surface area contributed by atoms with E-state index < -0.39 is 35.8 Å². The van der Waals surface area contributed by atoms with E-state index in [2.05, 4.69) is 16.7 Å². The molecule has 2 aromatic carbocycles. The van der Waals surface area contributed by atoms with E-state index >= 15 is 0 Å². The van der Waals surface area contributed by atoms with Crippen LogP contribution < -0.4 is 40.2 Å². The van der Waals surface area contributed by atoms with E-state index in [0.29, 0.717) is 5.56 Å². The quantitative estimate of drug-likeness (QED) is 0.379. The van der Waals surface area contributed by atoms with Gasteiger partial charge in [0.1, 0.15) is 0 Å². The second-order valence-electron chi connectivity index (χ2n) is 7.71. The number of benzene rings is 2. The SMILES string of the molecule is Cc1ccccc1Cc1ccc(C(CC(=O)O)NC(=O)NC2C(=O)C=CN(C)C2=O)cc1.[H-].[Na+]. The van der Waals surface area contributed by atoms with Crippen LogP contribution in [-0.4, -0.2) is 46.8 Å². The number of carboxylic acids is 1. The van der Waals surface area contributed by atoms with Gasteiger partial charge in [-0.05, 0) is 35.6 Å². The van der Waals surface area contributed by atoms with Crippen molar-refractivity contribution in [1.29, 1.82) is 0 Å². The summed E-state index contributed by atoms with van der Waals surface area (Å²) in [5.41, 5.74) is 4.04. The average molecular weight is 459 g/mol. The molecule has 0 saturated carbocycles. The number of likely N-dealkylation sites (N-methyl/N-ethyl adjacent to an activating group) is 1. The summed E-state index contributed by atoms with van der Waals surface area (Å²) in [6.45, 7) is 2.05. The molecule has 2 unspecified atom stereocenters. The van der Waals surface area contributed by atoms with Crippen LogP contribution >= 0.6 is 0 Å². The molecule has 168 valence electrons. The summed E-state index contributed by atoms with van der Waals surface area (Å²) >= 11 is 0. The molecule has 1 aliphatic heterocycles. The maximum Gasteiger partial charge on any atom is 1.00 e. The number of nitrogens with one attached hydrogen (secondary N) is 2. The number of amides is 3. The Balaban J connectivity index is 0.00000289. The van der Waals surface area contributed by atoms with Crippen LogP contribution in [-0.2, 0) is 20.8 Å². The Morgan fingerprint density at radius 1 is 1.12 bits per heavy atom. The topological polar surface area (TPSA) is 116 Å². The van der Waals surface area contributed by atoms with Gasteiger partial charge in [-0.1, -0.05) is 48.5 Å². The van der Waals surface area contributed by atoms with E-state index in [1.807, 2.05) is 37.3 Å². The van der Waals surface area contributed by atoms with Crippen molar-refractivity contribution in [1.82, 2.24) is 15.5 Å². The summed E-state index contributed by atoms with van der Waals surface area (Å²) in [6.07, 6.45) is 2.91. The minimum Gasteiger partial charge on any atom is -1.00 e. The molecule has 2 atom stereocenters. The fourth-order valence-corrected chi connectivity index (χ4v) is 3.47. The molecule has 0 fully saturated rings. The first-order chi connectivity index (χ1) is 15.2. The van der Waals surface area contributed by atoms with E-state index in [-0.39, 0.29) is 37.4 Å². The minimum absolute atomic E-state index is 0. The van der Waals surface area contributed by atoms with E-state index in [1.165, 1.54) is 35.4 Å². The van der Waals surface area contributed by atoms with Crippen molar-refractivity contribution in [3.05, 3.63) is 83.1 Å². The molecule has 8 nitrogen and oxygen atoms in total. The van der Waals surface area contributed by atoms with Gasteiger partial charge in [0.15, 0.2) is 11.8 Å². The first-order valence-electron chi connectivity index (χ1n) is 10.2. The minimum atomic E-state index is -1.34. The molecule has 3 rings (SSSR count). The zero-order chi connectivity index (χ0) is 23.3. The fourth-order valence-electron chi connectivity index (χ4n) is 3.47. The molecule has 0 aliphatic carbocycles. The third-order valence-corrected chi connectivity index (χ3v) is 5.34. The van der Waals surface area contributed by atoms with Gasteiger partial charge in [-0.15, -0.1) is 0 Å². The fraction of sp³-hybridized carbons (Fsp3) is 0.250. The van der Waals surface area contributed by atoms with Crippen LogP contribution in [0.1, 0.15) is 36.1 Å². The van der Waals surface area contributed by atoms with E-state index in [4.69, 9.17) is 0 Å². The predicted molar refractivity (Wildman–Crippen MR) is 119 cm³/mol. The van der Waals surface area contributed by atoms with Crippen molar-refractivity contribution >= 4 is 23.7 Å². The summed E-state index contributed by atoms with van der Waals surface area (Å²) in [4.78, 5) is 49.1. The van der Waals surface area contributed by atoms with E-state index in [9.17, 15) is 24.3 Å². The van der Waals surface area contributed by atoms with Gasteiger partial charge in [0.25, 0.3) is 5.91 Å². The van der Waals surface area contributed by atoms with Gasteiger partial charge >= 0.3 is 41.6 Å². The molecule has 0 aromatic heterocycles. The Hall–Kier alpha value is -2.94. The van der Waals surface area contributed by atoms with Crippen molar-refractivity contribution in [2.45, 2.75) is 31.8 Å². The largest absolute Gasteiger partial charge is 1.00 e. The van der Waals surface area contributed by atoms with Gasteiger partial charge in [-0.2, -0.15) is 0 Å². The Morgan fingerprint density at radius 3 is 2.42 bits per heavy atom. The number of carbonyl (C=O) groups excluding carboxylic acids is 3. The number of carbonyl (C=O) groups is 4. The van der Waals surface area contributed by atoms with Crippen LogP contribution in [0.4, 0.5) is 4.79 Å². The maximum absolute atomic E-state index is 12.5. The predicted octanol–water partition coefficient (Wildman–Crippen LogP) is -0.559. The zero-order valence-corrected chi connectivity index (χ0v) is 20.9. The summed E-state index contributed by atoms with van der Waals surface area (Å²) < 4.78 is 0. The molecule has 0 bridgehead atoms. The van der Waals surface area contributed by atoms with Crippen LogP contribution in [0.15, 0.2) is 60.8 Å². The van der Waals surface area contributed by atoms with Gasteiger partial charge in [0.2, 0.25) is 0 Å². The van der Waals surface area contributed by atoms with Crippen molar-refractivity contribution in [2.75, 3.05) is 7.05 Å². The molecule has 33 heavy (non-hydrogen) atoms. The van der Waals surface area contributed by atoms with Crippen LogP contribution in [0.2, 0.25) is 0 Å². The summed E-state index contributed by atoms with van der Waals surface area (Å²) in [5, 5.41) is 14.2. The van der Waals surface area contributed by atoms with E-state index in [1.54, 1.807) is 12.1 Å². The van der Waals surface area contributed by atoms with Crippen molar-refractivity contribution < 1.29 is 55.3 Å². The molecular weight excluding hydrogens is 433 g/mol. The molecule has 1 heterocycles. The van der Waals surface area contributed by atoms with Crippen molar-refractivity contribution in [2.24, 2.45) is 0 Å². The number of carboxylic acid groups (broad SMARTS) is 1. The molecule has 9 heteroatoms. The monoisotopic (exact) mass is 459 g/mol. The molecule has 3 N–H and O–H groups in total. The van der Waals surface area contributed by atoms with Gasteiger partial charge < -0.3 is 22.1 Å². The van der Waals surface area contributed by atoms with Gasteiger partial charge in [0, 0.05) is 19.3 Å². The molecule has 2 aromatic rings. The second kappa shape index (κ2) is 11.8. The van der Waals surface area contributed by atoms with Gasteiger partial charge in [0.05, 0.1) is 12.5 Å². The summed E-state index contributed by atoms with van der Waals surface area (Å²) in [6, 6.07) is 12.4. The normalized spacial score (nSPS) is 16.1. The number of hydrogen-bond acceptors (Lipinski definition) is 4. The molecule has 1 aliphatic rings. The smallest absolute Gasteiger partial charge is 1.00 e. The number of ketones is 1. The second-order valence-corrected chi connectivity index (χ2v) is 7.71. The number of aliphatic carboxylic acids is 1. The van der Waals surface area contributed by atoms with Crippen molar-refractivity contribution in [3.8, 4) is 0 Å². The van der Waals surface area contributed by atoms with E-state index in [0.717, 1.165) is 12.0 Å². The number of rotatable bonds is 7. The Bertz CT molecular complexity index is 1070. The first kappa shape index (κ1) is 26.3.